The normalized spacial score (nSPS) is 23.8. The molecule has 1 atom stereocenters. The van der Waals surface area contributed by atoms with Gasteiger partial charge in [-0.25, -0.2) is 0 Å². The number of carbonyl (C=O) groups excluding carboxylic acids is 1. The van der Waals surface area contributed by atoms with Crippen LogP contribution >= 0.6 is 0 Å². The average Bonchev–Trinajstić information content (AvgIpc) is 2.42. The Labute approximate surface area is 89.7 Å². The summed E-state index contributed by atoms with van der Waals surface area (Å²) >= 11 is 0. The molecule has 80 valence electrons. The van der Waals surface area contributed by atoms with Gasteiger partial charge in [-0.3, -0.25) is 4.79 Å². The Morgan fingerprint density at radius 2 is 2.20 bits per heavy atom. The second kappa shape index (κ2) is 3.35. The highest BCUT2D eigenvalue weighted by Crippen LogP contribution is 2.40. The van der Waals surface area contributed by atoms with E-state index in [2.05, 4.69) is 11.4 Å². The standard InChI is InChI=1S/C12H16N2O/c1-8-3-4-10-9(7-8)12(2,5-6-13)11(15)14-10/h3-4,7H,5-6,13H2,1-2H3,(H,14,15). The molecule has 1 aromatic rings. The van der Waals surface area contributed by atoms with Gasteiger partial charge in [0.2, 0.25) is 5.91 Å². The van der Waals surface area contributed by atoms with Crippen LogP contribution in [0.4, 0.5) is 5.69 Å². The van der Waals surface area contributed by atoms with Crippen molar-refractivity contribution in [3.05, 3.63) is 29.3 Å². The maximum absolute atomic E-state index is 11.9. The summed E-state index contributed by atoms with van der Waals surface area (Å²) in [6, 6.07) is 6.04. The molecule has 0 bridgehead atoms. The Morgan fingerprint density at radius 1 is 1.47 bits per heavy atom. The van der Waals surface area contributed by atoms with Crippen LogP contribution in [0.15, 0.2) is 18.2 Å². The van der Waals surface area contributed by atoms with Gasteiger partial charge >= 0.3 is 0 Å². The van der Waals surface area contributed by atoms with Crippen LogP contribution in [0.2, 0.25) is 0 Å². The first-order valence-corrected chi connectivity index (χ1v) is 5.20. The molecule has 1 aliphatic rings. The monoisotopic (exact) mass is 204 g/mol. The summed E-state index contributed by atoms with van der Waals surface area (Å²) in [7, 11) is 0. The van der Waals surface area contributed by atoms with Gasteiger partial charge in [0.1, 0.15) is 0 Å². The zero-order chi connectivity index (χ0) is 11.1. The molecular formula is C12H16N2O. The number of benzene rings is 1. The molecule has 0 spiro atoms. The van der Waals surface area contributed by atoms with Crippen molar-refractivity contribution in [3.8, 4) is 0 Å². The van der Waals surface area contributed by atoms with E-state index in [1.54, 1.807) is 0 Å². The first-order chi connectivity index (χ1) is 7.08. The van der Waals surface area contributed by atoms with Crippen molar-refractivity contribution in [2.45, 2.75) is 25.7 Å². The maximum Gasteiger partial charge on any atom is 0.234 e. The van der Waals surface area contributed by atoms with E-state index >= 15 is 0 Å². The van der Waals surface area contributed by atoms with E-state index in [9.17, 15) is 4.79 Å². The quantitative estimate of drug-likeness (QED) is 0.768. The Morgan fingerprint density at radius 3 is 2.87 bits per heavy atom. The molecule has 1 aromatic carbocycles. The second-order valence-corrected chi connectivity index (χ2v) is 4.37. The lowest BCUT2D eigenvalue weighted by Crippen LogP contribution is -2.33. The fraction of sp³-hybridized carbons (Fsp3) is 0.417. The van der Waals surface area contributed by atoms with Crippen LogP contribution in [-0.2, 0) is 10.2 Å². The van der Waals surface area contributed by atoms with E-state index in [4.69, 9.17) is 5.73 Å². The zero-order valence-corrected chi connectivity index (χ0v) is 9.13. The molecule has 15 heavy (non-hydrogen) atoms. The van der Waals surface area contributed by atoms with Crippen LogP contribution in [-0.4, -0.2) is 12.5 Å². The number of aryl methyl sites for hydroxylation is 1. The molecule has 3 heteroatoms. The summed E-state index contributed by atoms with van der Waals surface area (Å²) < 4.78 is 0. The number of nitrogens with two attached hydrogens (primary N) is 1. The van der Waals surface area contributed by atoms with E-state index in [-0.39, 0.29) is 5.91 Å². The molecule has 3 N–H and O–H groups in total. The summed E-state index contributed by atoms with van der Waals surface area (Å²) in [4.78, 5) is 11.9. The molecule has 1 heterocycles. The molecule has 0 aromatic heterocycles. The van der Waals surface area contributed by atoms with E-state index in [1.165, 1.54) is 5.56 Å². The minimum Gasteiger partial charge on any atom is -0.330 e. The molecule has 1 amide bonds. The van der Waals surface area contributed by atoms with Crippen molar-refractivity contribution in [1.29, 1.82) is 0 Å². The van der Waals surface area contributed by atoms with Gasteiger partial charge in [-0.05, 0) is 38.4 Å². The van der Waals surface area contributed by atoms with Gasteiger partial charge in [0, 0.05) is 5.69 Å². The van der Waals surface area contributed by atoms with Gasteiger partial charge in [-0.2, -0.15) is 0 Å². The van der Waals surface area contributed by atoms with Crippen LogP contribution in [0.1, 0.15) is 24.5 Å². The summed E-state index contributed by atoms with van der Waals surface area (Å²) in [6.45, 7) is 4.52. The van der Waals surface area contributed by atoms with E-state index in [0.717, 1.165) is 11.3 Å². The number of fused-ring (bicyclic) bond motifs is 1. The zero-order valence-electron chi connectivity index (χ0n) is 9.13. The van der Waals surface area contributed by atoms with Crippen molar-refractivity contribution >= 4 is 11.6 Å². The molecule has 1 aliphatic heterocycles. The largest absolute Gasteiger partial charge is 0.330 e. The predicted molar refractivity (Wildman–Crippen MR) is 60.8 cm³/mol. The lowest BCUT2D eigenvalue weighted by Gasteiger charge is -2.21. The Bertz CT molecular complexity index is 414. The van der Waals surface area contributed by atoms with Crippen LogP contribution in [0, 0.1) is 6.92 Å². The fourth-order valence-corrected chi connectivity index (χ4v) is 2.14. The summed E-state index contributed by atoms with van der Waals surface area (Å²) in [5.41, 5.74) is 8.31. The highest BCUT2D eigenvalue weighted by atomic mass is 16.2. The number of hydrogen-bond donors (Lipinski definition) is 2. The molecule has 0 saturated carbocycles. The number of hydrogen-bond acceptors (Lipinski definition) is 2. The van der Waals surface area contributed by atoms with Gasteiger partial charge in [0.05, 0.1) is 5.41 Å². The van der Waals surface area contributed by atoms with Crippen molar-refractivity contribution in [2.75, 3.05) is 11.9 Å². The molecule has 0 aliphatic carbocycles. The van der Waals surface area contributed by atoms with Crippen molar-refractivity contribution in [2.24, 2.45) is 5.73 Å². The SMILES string of the molecule is Cc1ccc2c(c1)C(C)(CCN)C(=O)N2. The van der Waals surface area contributed by atoms with Gasteiger partial charge in [0.15, 0.2) is 0 Å². The molecule has 0 saturated heterocycles. The highest BCUT2D eigenvalue weighted by molar-refractivity contribution is 6.06. The molecule has 0 radical (unpaired) electrons. The fourth-order valence-electron chi connectivity index (χ4n) is 2.14. The van der Waals surface area contributed by atoms with Gasteiger partial charge in [-0.15, -0.1) is 0 Å². The second-order valence-electron chi connectivity index (χ2n) is 4.37. The number of rotatable bonds is 2. The summed E-state index contributed by atoms with van der Waals surface area (Å²) in [6.07, 6.45) is 0.690. The predicted octanol–water partition coefficient (Wildman–Crippen LogP) is 1.55. The average molecular weight is 204 g/mol. The summed E-state index contributed by atoms with van der Waals surface area (Å²) in [5.74, 6) is 0.0635. The summed E-state index contributed by atoms with van der Waals surface area (Å²) in [5, 5.41) is 2.91. The van der Waals surface area contributed by atoms with E-state index < -0.39 is 5.41 Å². The Balaban J connectivity index is 2.52. The van der Waals surface area contributed by atoms with Crippen molar-refractivity contribution in [3.63, 3.8) is 0 Å². The molecule has 3 nitrogen and oxygen atoms in total. The van der Waals surface area contributed by atoms with Gasteiger partial charge < -0.3 is 11.1 Å². The Hall–Kier alpha value is -1.35. The topological polar surface area (TPSA) is 55.1 Å². The number of carbonyl (C=O) groups is 1. The lowest BCUT2D eigenvalue weighted by atomic mass is 9.80. The van der Waals surface area contributed by atoms with Crippen molar-refractivity contribution < 1.29 is 4.79 Å². The highest BCUT2D eigenvalue weighted by Gasteiger charge is 2.41. The molecular weight excluding hydrogens is 188 g/mol. The third kappa shape index (κ3) is 1.43. The third-order valence-electron chi connectivity index (χ3n) is 3.16. The third-order valence-corrected chi connectivity index (χ3v) is 3.16. The van der Waals surface area contributed by atoms with E-state index in [0.29, 0.717) is 13.0 Å². The van der Waals surface area contributed by atoms with Crippen LogP contribution in [0.3, 0.4) is 0 Å². The van der Waals surface area contributed by atoms with Crippen LogP contribution in [0.25, 0.3) is 0 Å². The Kier molecular flexibility index (Phi) is 2.27. The number of amides is 1. The van der Waals surface area contributed by atoms with E-state index in [1.807, 2.05) is 26.0 Å². The van der Waals surface area contributed by atoms with Gasteiger partial charge in [0.25, 0.3) is 0 Å². The smallest absolute Gasteiger partial charge is 0.234 e. The minimum absolute atomic E-state index is 0.0635. The number of nitrogens with one attached hydrogen (secondary N) is 1. The van der Waals surface area contributed by atoms with Crippen LogP contribution < -0.4 is 11.1 Å². The molecule has 0 fully saturated rings. The lowest BCUT2D eigenvalue weighted by molar-refractivity contribution is -0.120. The van der Waals surface area contributed by atoms with Gasteiger partial charge in [-0.1, -0.05) is 17.7 Å². The molecule has 1 unspecified atom stereocenters. The first-order valence-electron chi connectivity index (χ1n) is 5.20. The molecule has 2 rings (SSSR count). The minimum atomic E-state index is -0.448. The van der Waals surface area contributed by atoms with Crippen molar-refractivity contribution in [1.82, 2.24) is 0 Å². The van der Waals surface area contributed by atoms with Crippen LogP contribution in [0.5, 0.6) is 0 Å². The first kappa shape index (κ1) is 10.2. The number of anilines is 1. The maximum atomic E-state index is 11.9.